The van der Waals surface area contributed by atoms with Gasteiger partial charge < -0.3 is 15.2 Å². The van der Waals surface area contributed by atoms with Crippen molar-refractivity contribution in [3.05, 3.63) is 16.6 Å². The van der Waals surface area contributed by atoms with Crippen LogP contribution in [0.1, 0.15) is 0 Å². The highest BCUT2D eigenvalue weighted by atomic mass is 79.9. The lowest BCUT2D eigenvalue weighted by atomic mass is 10.3. The minimum absolute atomic E-state index is 0.559. The molecule has 1 rings (SSSR count). The third-order valence-corrected chi connectivity index (χ3v) is 1.93. The van der Waals surface area contributed by atoms with E-state index in [0.29, 0.717) is 17.2 Å². The molecule has 0 radical (unpaired) electrons. The van der Waals surface area contributed by atoms with E-state index in [9.17, 15) is 0 Å². The van der Waals surface area contributed by atoms with Gasteiger partial charge in [-0.25, -0.2) is 0 Å². The summed E-state index contributed by atoms with van der Waals surface area (Å²) in [5.74, 6) is 1.20. The molecule has 0 aliphatic carbocycles. The normalized spacial score (nSPS) is 9.58. The highest BCUT2D eigenvalue weighted by molar-refractivity contribution is 9.10. The van der Waals surface area contributed by atoms with Crippen molar-refractivity contribution in [2.24, 2.45) is 0 Å². The SMILES string of the molecule is COc1cc(Br)cc(N)c1OC. The molecule has 0 aromatic heterocycles. The first-order chi connectivity index (χ1) is 5.69. The molecule has 1 aromatic carbocycles. The zero-order chi connectivity index (χ0) is 9.14. The van der Waals surface area contributed by atoms with Crippen molar-refractivity contribution in [2.75, 3.05) is 20.0 Å². The number of rotatable bonds is 2. The van der Waals surface area contributed by atoms with Crippen LogP contribution in [0.3, 0.4) is 0 Å². The van der Waals surface area contributed by atoms with Crippen LogP contribution in [0.2, 0.25) is 0 Å². The molecule has 3 nitrogen and oxygen atoms in total. The van der Waals surface area contributed by atoms with E-state index in [2.05, 4.69) is 15.9 Å². The monoisotopic (exact) mass is 231 g/mol. The molecule has 0 saturated carbocycles. The van der Waals surface area contributed by atoms with Crippen LogP contribution in [0.5, 0.6) is 11.5 Å². The summed E-state index contributed by atoms with van der Waals surface area (Å²) in [6, 6.07) is 3.57. The Morgan fingerprint density at radius 2 is 1.92 bits per heavy atom. The second kappa shape index (κ2) is 3.67. The summed E-state index contributed by atoms with van der Waals surface area (Å²) < 4.78 is 11.0. The number of hydrogen-bond acceptors (Lipinski definition) is 3. The highest BCUT2D eigenvalue weighted by Crippen LogP contribution is 2.36. The molecule has 0 unspecified atom stereocenters. The lowest BCUT2D eigenvalue weighted by Crippen LogP contribution is -1.95. The van der Waals surface area contributed by atoms with E-state index in [1.54, 1.807) is 26.4 Å². The minimum Gasteiger partial charge on any atom is -0.493 e. The molecule has 0 spiro atoms. The number of anilines is 1. The van der Waals surface area contributed by atoms with Gasteiger partial charge in [0.2, 0.25) is 0 Å². The summed E-state index contributed by atoms with van der Waals surface area (Å²) in [5, 5.41) is 0. The molecule has 0 heterocycles. The summed E-state index contributed by atoms with van der Waals surface area (Å²) in [6.45, 7) is 0. The summed E-state index contributed by atoms with van der Waals surface area (Å²) in [5.41, 5.74) is 6.23. The molecule has 0 saturated heterocycles. The predicted molar refractivity (Wildman–Crippen MR) is 51.7 cm³/mol. The van der Waals surface area contributed by atoms with E-state index in [4.69, 9.17) is 15.2 Å². The Morgan fingerprint density at radius 1 is 1.25 bits per heavy atom. The van der Waals surface area contributed by atoms with Crippen LogP contribution in [0.4, 0.5) is 5.69 Å². The zero-order valence-electron chi connectivity index (χ0n) is 6.93. The van der Waals surface area contributed by atoms with Gasteiger partial charge in [0.05, 0.1) is 19.9 Å². The van der Waals surface area contributed by atoms with Crippen molar-refractivity contribution in [1.82, 2.24) is 0 Å². The maximum Gasteiger partial charge on any atom is 0.183 e. The van der Waals surface area contributed by atoms with E-state index in [-0.39, 0.29) is 0 Å². The topological polar surface area (TPSA) is 44.5 Å². The molecule has 0 aliphatic rings. The third kappa shape index (κ3) is 1.64. The standard InChI is InChI=1S/C8H10BrNO2/c1-11-7-4-5(9)3-6(10)8(7)12-2/h3-4H,10H2,1-2H3. The molecule has 0 atom stereocenters. The predicted octanol–water partition coefficient (Wildman–Crippen LogP) is 2.05. The molecule has 0 bridgehead atoms. The van der Waals surface area contributed by atoms with Crippen molar-refractivity contribution in [3.63, 3.8) is 0 Å². The number of methoxy groups -OCH3 is 2. The zero-order valence-corrected chi connectivity index (χ0v) is 8.51. The van der Waals surface area contributed by atoms with Crippen LogP contribution in [0.25, 0.3) is 0 Å². The maximum absolute atomic E-state index is 5.67. The first-order valence-electron chi connectivity index (χ1n) is 3.36. The first-order valence-corrected chi connectivity index (χ1v) is 4.15. The molecule has 0 fully saturated rings. The van der Waals surface area contributed by atoms with E-state index in [1.165, 1.54) is 0 Å². The van der Waals surface area contributed by atoms with Crippen LogP contribution in [0, 0.1) is 0 Å². The van der Waals surface area contributed by atoms with Gasteiger partial charge in [0.25, 0.3) is 0 Å². The van der Waals surface area contributed by atoms with Crippen molar-refractivity contribution < 1.29 is 9.47 Å². The van der Waals surface area contributed by atoms with Crippen LogP contribution >= 0.6 is 15.9 Å². The Balaban J connectivity index is 3.24. The van der Waals surface area contributed by atoms with Gasteiger partial charge in [0, 0.05) is 4.47 Å². The van der Waals surface area contributed by atoms with Crippen LogP contribution in [-0.4, -0.2) is 14.2 Å². The number of nitrogen functional groups attached to an aromatic ring is 1. The second-order valence-electron chi connectivity index (χ2n) is 2.23. The molecule has 0 aliphatic heterocycles. The molecule has 12 heavy (non-hydrogen) atoms. The minimum atomic E-state index is 0.559. The fraction of sp³-hybridized carbons (Fsp3) is 0.250. The Morgan fingerprint density at radius 3 is 2.42 bits per heavy atom. The molecule has 2 N–H and O–H groups in total. The molecule has 4 heteroatoms. The first kappa shape index (κ1) is 9.19. The number of benzene rings is 1. The average molecular weight is 232 g/mol. The van der Waals surface area contributed by atoms with Gasteiger partial charge in [-0.1, -0.05) is 15.9 Å². The second-order valence-corrected chi connectivity index (χ2v) is 3.15. The molecule has 66 valence electrons. The number of nitrogens with two attached hydrogens (primary N) is 1. The molecular weight excluding hydrogens is 222 g/mol. The maximum atomic E-state index is 5.67. The van der Waals surface area contributed by atoms with Crippen molar-refractivity contribution >= 4 is 21.6 Å². The van der Waals surface area contributed by atoms with E-state index < -0.39 is 0 Å². The molecule has 1 aromatic rings. The van der Waals surface area contributed by atoms with Crippen molar-refractivity contribution in [1.29, 1.82) is 0 Å². The summed E-state index contributed by atoms with van der Waals surface area (Å²) in [6.07, 6.45) is 0. The Kier molecular flexibility index (Phi) is 2.81. The Hall–Kier alpha value is -0.900. The van der Waals surface area contributed by atoms with Gasteiger partial charge >= 0.3 is 0 Å². The lowest BCUT2D eigenvalue weighted by molar-refractivity contribution is 0.356. The van der Waals surface area contributed by atoms with Crippen molar-refractivity contribution in [3.8, 4) is 11.5 Å². The fourth-order valence-corrected chi connectivity index (χ4v) is 1.41. The quantitative estimate of drug-likeness (QED) is 0.793. The molecular formula is C8H10BrNO2. The third-order valence-electron chi connectivity index (χ3n) is 1.47. The number of hydrogen-bond donors (Lipinski definition) is 1. The number of halogens is 1. The van der Waals surface area contributed by atoms with E-state index in [0.717, 1.165) is 4.47 Å². The van der Waals surface area contributed by atoms with E-state index in [1.807, 2.05) is 0 Å². The van der Waals surface area contributed by atoms with Gasteiger partial charge in [-0.15, -0.1) is 0 Å². The Labute approximate surface area is 79.6 Å². The van der Waals surface area contributed by atoms with Crippen molar-refractivity contribution in [2.45, 2.75) is 0 Å². The number of ether oxygens (including phenoxy) is 2. The average Bonchev–Trinajstić information content (AvgIpc) is 2.03. The van der Waals surface area contributed by atoms with Gasteiger partial charge in [-0.05, 0) is 12.1 Å². The van der Waals surface area contributed by atoms with Gasteiger partial charge in [0.15, 0.2) is 11.5 Å². The van der Waals surface area contributed by atoms with Gasteiger partial charge in [-0.2, -0.15) is 0 Å². The summed E-state index contributed by atoms with van der Waals surface area (Å²) >= 11 is 3.30. The largest absolute Gasteiger partial charge is 0.493 e. The summed E-state index contributed by atoms with van der Waals surface area (Å²) in [4.78, 5) is 0. The molecule has 0 amide bonds. The van der Waals surface area contributed by atoms with Crippen LogP contribution in [-0.2, 0) is 0 Å². The lowest BCUT2D eigenvalue weighted by Gasteiger charge is -2.09. The van der Waals surface area contributed by atoms with Crippen LogP contribution < -0.4 is 15.2 Å². The highest BCUT2D eigenvalue weighted by Gasteiger charge is 2.07. The Bertz CT molecular complexity index is 289. The fourth-order valence-electron chi connectivity index (χ4n) is 0.959. The van der Waals surface area contributed by atoms with Gasteiger partial charge in [-0.3, -0.25) is 0 Å². The smallest absolute Gasteiger partial charge is 0.183 e. The van der Waals surface area contributed by atoms with E-state index >= 15 is 0 Å². The van der Waals surface area contributed by atoms with Gasteiger partial charge in [0.1, 0.15) is 0 Å². The summed E-state index contributed by atoms with van der Waals surface area (Å²) in [7, 11) is 3.13. The van der Waals surface area contributed by atoms with Crippen LogP contribution in [0.15, 0.2) is 16.6 Å².